The van der Waals surface area contributed by atoms with E-state index in [1.165, 1.54) is 6.33 Å². The standard InChI is InChI=1S/C9H12IN3O2/c1-15-6-2-3-13(4-6)8-7(10)9(14)12-5-11-8/h5-6H,2-4H2,1H3,(H,11,12,14). The van der Waals surface area contributed by atoms with Gasteiger partial charge in [0.1, 0.15) is 9.39 Å². The maximum absolute atomic E-state index is 11.4. The first kappa shape index (κ1) is 10.9. The SMILES string of the molecule is COC1CCN(c2nc[nH]c(=O)c2I)C1. The predicted molar refractivity (Wildman–Crippen MR) is 65.2 cm³/mol. The fraction of sp³-hybridized carbons (Fsp3) is 0.556. The number of aromatic amines is 1. The number of nitrogens with one attached hydrogen (secondary N) is 1. The lowest BCUT2D eigenvalue weighted by molar-refractivity contribution is 0.121. The molecular formula is C9H12IN3O2. The van der Waals surface area contributed by atoms with Crippen LogP contribution in [0.1, 0.15) is 6.42 Å². The Hall–Kier alpha value is -0.630. The second-order valence-corrected chi connectivity index (χ2v) is 4.54. The van der Waals surface area contributed by atoms with Crippen LogP contribution in [-0.4, -0.2) is 36.3 Å². The first-order valence-corrected chi connectivity index (χ1v) is 5.81. The van der Waals surface area contributed by atoms with E-state index in [1.54, 1.807) is 7.11 Å². The molecule has 1 aliphatic heterocycles. The van der Waals surface area contributed by atoms with Gasteiger partial charge in [-0.1, -0.05) is 0 Å². The molecule has 82 valence electrons. The van der Waals surface area contributed by atoms with Crippen LogP contribution in [-0.2, 0) is 4.74 Å². The van der Waals surface area contributed by atoms with Gasteiger partial charge in [0.05, 0.1) is 12.4 Å². The van der Waals surface area contributed by atoms with Crippen LogP contribution in [0.3, 0.4) is 0 Å². The molecule has 5 nitrogen and oxygen atoms in total. The van der Waals surface area contributed by atoms with Crippen molar-refractivity contribution in [3.05, 3.63) is 20.3 Å². The highest BCUT2D eigenvalue weighted by Gasteiger charge is 2.25. The zero-order valence-corrected chi connectivity index (χ0v) is 10.5. The van der Waals surface area contributed by atoms with E-state index in [2.05, 4.69) is 14.9 Å². The monoisotopic (exact) mass is 321 g/mol. The van der Waals surface area contributed by atoms with Gasteiger partial charge < -0.3 is 14.6 Å². The molecule has 0 aliphatic carbocycles. The normalized spacial score (nSPS) is 20.9. The average Bonchev–Trinajstić information content (AvgIpc) is 2.70. The van der Waals surface area contributed by atoms with Crippen molar-refractivity contribution in [2.75, 3.05) is 25.1 Å². The van der Waals surface area contributed by atoms with Gasteiger partial charge in [0, 0.05) is 20.2 Å². The summed E-state index contributed by atoms with van der Waals surface area (Å²) in [7, 11) is 1.71. The summed E-state index contributed by atoms with van der Waals surface area (Å²) in [6.07, 6.45) is 2.68. The lowest BCUT2D eigenvalue weighted by Crippen LogP contribution is -2.26. The van der Waals surface area contributed by atoms with E-state index >= 15 is 0 Å². The Kier molecular flexibility index (Phi) is 3.25. The Morgan fingerprint density at radius 2 is 2.53 bits per heavy atom. The van der Waals surface area contributed by atoms with Crippen molar-refractivity contribution in [2.45, 2.75) is 12.5 Å². The molecule has 0 amide bonds. The van der Waals surface area contributed by atoms with E-state index in [4.69, 9.17) is 4.74 Å². The van der Waals surface area contributed by atoms with Crippen molar-refractivity contribution < 1.29 is 4.74 Å². The number of H-pyrrole nitrogens is 1. The molecule has 0 aromatic carbocycles. The van der Waals surface area contributed by atoms with Crippen molar-refractivity contribution in [2.24, 2.45) is 0 Å². The van der Waals surface area contributed by atoms with Crippen LogP contribution in [0, 0.1) is 3.57 Å². The van der Waals surface area contributed by atoms with Gasteiger partial charge in [-0.05, 0) is 29.0 Å². The number of rotatable bonds is 2. The molecule has 6 heteroatoms. The second-order valence-electron chi connectivity index (χ2n) is 3.46. The van der Waals surface area contributed by atoms with E-state index in [-0.39, 0.29) is 11.7 Å². The van der Waals surface area contributed by atoms with Gasteiger partial charge >= 0.3 is 0 Å². The number of methoxy groups -OCH3 is 1. The molecule has 0 bridgehead atoms. The highest BCUT2D eigenvalue weighted by Crippen LogP contribution is 2.21. The molecule has 0 radical (unpaired) electrons. The molecule has 1 aliphatic rings. The average molecular weight is 321 g/mol. The topological polar surface area (TPSA) is 58.2 Å². The van der Waals surface area contributed by atoms with Crippen LogP contribution in [0.25, 0.3) is 0 Å². The quantitative estimate of drug-likeness (QED) is 0.811. The summed E-state index contributed by atoms with van der Waals surface area (Å²) >= 11 is 2.03. The Morgan fingerprint density at radius 1 is 1.73 bits per heavy atom. The minimum absolute atomic E-state index is 0.0820. The van der Waals surface area contributed by atoms with E-state index in [0.717, 1.165) is 25.3 Å². The minimum atomic E-state index is -0.0820. The Morgan fingerprint density at radius 3 is 3.20 bits per heavy atom. The smallest absolute Gasteiger partial charge is 0.266 e. The molecule has 1 aromatic rings. The number of hydrogen-bond donors (Lipinski definition) is 1. The number of hydrogen-bond acceptors (Lipinski definition) is 4. The van der Waals surface area contributed by atoms with E-state index < -0.39 is 0 Å². The van der Waals surface area contributed by atoms with Gasteiger partial charge in [0.25, 0.3) is 5.56 Å². The van der Waals surface area contributed by atoms with Crippen LogP contribution < -0.4 is 10.5 Å². The molecule has 2 rings (SSSR count). The molecule has 0 spiro atoms. The van der Waals surface area contributed by atoms with Crippen LogP contribution >= 0.6 is 22.6 Å². The van der Waals surface area contributed by atoms with Crippen LogP contribution in [0.4, 0.5) is 5.82 Å². The van der Waals surface area contributed by atoms with Gasteiger partial charge in [0.2, 0.25) is 0 Å². The molecule has 1 unspecified atom stereocenters. The van der Waals surface area contributed by atoms with Crippen molar-refractivity contribution in [3.8, 4) is 0 Å². The van der Waals surface area contributed by atoms with Crippen LogP contribution in [0.15, 0.2) is 11.1 Å². The van der Waals surface area contributed by atoms with E-state index in [9.17, 15) is 4.79 Å². The maximum Gasteiger partial charge on any atom is 0.266 e. The molecular weight excluding hydrogens is 309 g/mol. The zero-order chi connectivity index (χ0) is 10.8. The lowest BCUT2D eigenvalue weighted by atomic mass is 10.3. The molecule has 1 aromatic heterocycles. The van der Waals surface area contributed by atoms with Crippen molar-refractivity contribution >= 4 is 28.4 Å². The summed E-state index contributed by atoms with van der Waals surface area (Å²) in [6, 6.07) is 0. The minimum Gasteiger partial charge on any atom is -0.380 e. The van der Waals surface area contributed by atoms with E-state index in [1.807, 2.05) is 22.6 Å². The molecule has 1 saturated heterocycles. The van der Waals surface area contributed by atoms with Gasteiger partial charge in [-0.3, -0.25) is 4.79 Å². The number of anilines is 1. The summed E-state index contributed by atoms with van der Waals surface area (Å²) in [5, 5.41) is 0. The predicted octanol–water partition coefficient (Wildman–Crippen LogP) is 0.600. The third kappa shape index (κ3) is 2.15. The number of nitrogens with zero attached hydrogens (tertiary/aromatic N) is 2. The zero-order valence-electron chi connectivity index (χ0n) is 8.36. The second kappa shape index (κ2) is 4.48. The summed E-state index contributed by atoms with van der Waals surface area (Å²) in [5.41, 5.74) is -0.0820. The number of halogens is 1. The number of ether oxygens (including phenoxy) is 1. The third-order valence-electron chi connectivity index (χ3n) is 2.56. The fourth-order valence-corrected chi connectivity index (χ4v) is 2.34. The van der Waals surface area contributed by atoms with Gasteiger partial charge in [-0.25, -0.2) is 4.98 Å². The van der Waals surface area contributed by atoms with Gasteiger partial charge in [-0.15, -0.1) is 0 Å². The van der Waals surface area contributed by atoms with Gasteiger partial charge in [0.15, 0.2) is 0 Å². The molecule has 1 N–H and O–H groups in total. The summed E-state index contributed by atoms with van der Waals surface area (Å²) in [6.45, 7) is 1.70. The largest absolute Gasteiger partial charge is 0.380 e. The molecule has 2 heterocycles. The van der Waals surface area contributed by atoms with Crippen molar-refractivity contribution in [1.29, 1.82) is 0 Å². The van der Waals surface area contributed by atoms with Crippen LogP contribution in [0.2, 0.25) is 0 Å². The number of aromatic nitrogens is 2. The van der Waals surface area contributed by atoms with Gasteiger partial charge in [-0.2, -0.15) is 0 Å². The maximum atomic E-state index is 11.4. The Bertz CT molecular complexity index is 407. The summed E-state index contributed by atoms with van der Waals surface area (Å²) in [5.74, 6) is 0.763. The van der Waals surface area contributed by atoms with E-state index in [0.29, 0.717) is 3.57 Å². The van der Waals surface area contributed by atoms with Crippen molar-refractivity contribution in [1.82, 2.24) is 9.97 Å². The summed E-state index contributed by atoms with van der Waals surface area (Å²) in [4.78, 5) is 20.2. The first-order chi connectivity index (χ1) is 7.22. The molecule has 1 fully saturated rings. The highest BCUT2D eigenvalue weighted by atomic mass is 127. The lowest BCUT2D eigenvalue weighted by Gasteiger charge is -2.17. The first-order valence-electron chi connectivity index (χ1n) is 4.73. The molecule has 0 saturated carbocycles. The summed E-state index contributed by atoms with van der Waals surface area (Å²) < 4.78 is 5.92. The molecule has 15 heavy (non-hydrogen) atoms. The third-order valence-corrected chi connectivity index (χ3v) is 3.53. The fourth-order valence-electron chi connectivity index (χ4n) is 1.71. The Balaban J connectivity index is 2.24. The molecule has 1 atom stereocenters. The highest BCUT2D eigenvalue weighted by molar-refractivity contribution is 14.1. The Labute approximate surface area is 101 Å². The van der Waals surface area contributed by atoms with Crippen molar-refractivity contribution in [3.63, 3.8) is 0 Å². The van der Waals surface area contributed by atoms with Crippen LogP contribution in [0.5, 0.6) is 0 Å².